The van der Waals surface area contributed by atoms with Crippen molar-refractivity contribution in [1.29, 1.82) is 0 Å². The average molecular weight is 350 g/mol. The topological polar surface area (TPSA) is 84.1 Å². The number of anilines is 1. The van der Waals surface area contributed by atoms with E-state index in [4.69, 9.17) is 17.3 Å². The van der Waals surface area contributed by atoms with Crippen molar-refractivity contribution in [1.82, 2.24) is 14.9 Å². The van der Waals surface area contributed by atoms with E-state index in [9.17, 15) is 9.18 Å². The van der Waals surface area contributed by atoms with Gasteiger partial charge in [0.15, 0.2) is 0 Å². The SMILES string of the molecule is CN1CC[C@H](Nc2cnc(C(N)=O)cn2)[C@@H]1c1ccc(Cl)c(F)c1. The number of likely N-dealkylation sites (N-methyl/N-ethyl adjacent to an activating group) is 1. The van der Waals surface area contributed by atoms with Crippen molar-refractivity contribution in [3.63, 3.8) is 0 Å². The monoisotopic (exact) mass is 349 g/mol. The first-order valence-corrected chi connectivity index (χ1v) is 7.87. The summed E-state index contributed by atoms with van der Waals surface area (Å²) < 4.78 is 13.8. The summed E-state index contributed by atoms with van der Waals surface area (Å²) in [6, 6.07) is 4.87. The van der Waals surface area contributed by atoms with Gasteiger partial charge in [-0.05, 0) is 31.2 Å². The van der Waals surface area contributed by atoms with E-state index in [1.165, 1.54) is 18.5 Å². The van der Waals surface area contributed by atoms with Gasteiger partial charge in [-0.25, -0.2) is 14.4 Å². The lowest BCUT2D eigenvalue weighted by Crippen LogP contribution is -2.29. The molecule has 1 aromatic heterocycles. The third kappa shape index (κ3) is 3.32. The van der Waals surface area contributed by atoms with Gasteiger partial charge in [0, 0.05) is 12.6 Å². The summed E-state index contributed by atoms with van der Waals surface area (Å²) in [6.07, 6.45) is 3.67. The Kier molecular flexibility index (Phi) is 4.64. The van der Waals surface area contributed by atoms with Gasteiger partial charge in [-0.1, -0.05) is 17.7 Å². The molecule has 0 radical (unpaired) electrons. The highest BCUT2D eigenvalue weighted by Crippen LogP contribution is 2.34. The maximum Gasteiger partial charge on any atom is 0.268 e. The van der Waals surface area contributed by atoms with Gasteiger partial charge < -0.3 is 11.1 Å². The molecule has 2 heterocycles. The summed E-state index contributed by atoms with van der Waals surface area (Å²) in [7, 11) is 1.99. The number of amides is 1. The normalized spacial score (nSPS) is 21.0. The lowest BCUT2D eigenvalue weighted by molar-refractivity contribution is 0.0995. The predicted molar refractivity (Wildman–Crippen MR) is 89.4 cm³/mol. The smallest absolute Gasteiger partial charge is 0.268 e. The molecular weight excluding hydrogens is 333 g/mol. The van der Waals surface area contributed by atoms with Crippen LogP contribution in [-0.2, 0) is 0 Å². The number of halogens is 2. The number of benzene rings is 1. The quantitative estimate of drug-likeness (QED) is 0.884. The van der Waals surface area contributed by atoms with Crippen LogP contribution in [-0.4, -0.2) is 40.4 Å². The van der Waals surface area contributed by atoms with Crippen LogP contribution in [0.25, 0.3) is 0 Å². The van der Waals surface area contributed by atoms with Crippen LogP contribution in [0.2, 0.25) is 5.02 Å². The number of carbonyl (C=O) groups is 1. The summed E-state index contributed by atoms with van der Waals surface area (Å²) in [6.45, 7) is 0.860. The molecule has 1 saturated heterocycles. The van der Waals surface area contributed by atoms with E-state index in [1.807, 2.05) is 13.1 Å². The van der Waals surface area contributed by atoms with Crippen LogP contribution < -0.4 is 11.1 Å². The first-order chi connectivity index (χ1) is 11.5. The van der Waals surface area contributed by atoms with Gasteiger partial charge in [0.1, 0.15) is 17.3 Å². The van der Waals surface area contributed by atoms with E-state index in [-0.39, 0.29) is 22.8 Å². The molecule has 8 heteroatoms. The molecule has 0 spiro atoms. The van der Waals surface area contributed by atoms with E-state index in [2.05, 4.69) is 20.2 Å². The zero-order chi connectivity index (χ0) is 17.3. The molecule has 2 aromatic rings. The van der Waals surface area contributed by atoms with E-state index in [0.717, 1.165) is 18.5 Å². The molecule has 3 N–H and O–H groups in total. The van der Waals surface area contributed by atoms with Crippen LogP contribution in [0.3, 0.4) is 0 Å². The Labute approximate surface area is 143 Å². The molecule has 0 bridgehead atoms. The molecule has 1 amide bonds. The summed E-state index contributed by atoms with van der Waals surface area (Å²) in [5, 5.41) is 3.41. The minimum atomic E-state index is -0.621. The number of nitrogens with one attached hydrogen (secondary N) is 1. The maximum atomic E-state index is 13.8. The Morgan fingerprint density at radius 2 is 2.21 bits per heavy atom. The zero-order valence-corrected chi connectivity index (χ0v) is 13.8. The first-order valence-electron chi connectivity index (χ1n) is 7.49. The van der Waals surface area contributed by atoms with Crippen molar-refractivity contribution in [2.45, 2.75) is 18.5 Å². The Morgan fingerprint density at radius 3 is 2.83 bits per heavy atom. The summed E-state index contributed by atoms with van der Waals surface area (Å²) >= 11 is 5.77. The molecule has 126 valence electrons. The Balaban J connectivity index is 1.81. The molecule has 1 aliphatic heterocycles. The van der Waals surface area contributed by atoms with E-state index in [1.54, 1.807) is 6.07 Å². The second kappa shape index (κ2) is 6.70. The second-order valence-electron chi connectivity index (χ2n) is 5.79. The van der Waals surface area contributed by atoms with Crippen LogP contribution in [0.1, 0.15) is 28.5 Å². The van der Waals surface area contributed by atoms with Gasteiger partial charge >= 0.3 is 0 Å². The van der Waals surface area contributed by atoms with Crippen molar-refractivity contribution < 1.29 is 9.18 Å². The lowest BCUT2D eigenvalue weighted by atomic mass is 10.00. The van der Waals surface area contributed by atoms with Crippen molar-refractivity contribution in [3.8, 4) is 0 Å². The molecular formula is C16H17ClFN5O. The molecule has 0 aliphatic carbocycles. The largest absolute Gasteiger partial charge is 0.364 e. The fraction of sp³-hybridized carbons (Fsp3) is 0.312. The van der Waals surface area contributed by atoms with E-state index < -0.39 is 11.7 Å². The maximum absolute atomic E-state index is 13.8. The number of rotatable bonds is 4. The summed E-state index contributed by atoms with van der Waals surface area (Å²) in [5.41, 5.74) is 6.11. The summed E-state index contributed by atoms with van der Waals surface area (Å²) in [4.78, 5) is 21.3. The highest BCUT2D eigenvalue weighted by atomic mass is 35.5. The van der Waals surface area contributed by atoms with Gasteiger partial charge in [-0.2, -0.15) is 0 Å². The first kappa shape index (κ1) is 16.6. The lowest BCUT2D eigenvalue weighted by Gasteiger charge is -2.26. The van der Waals surface area contributed by atoms with Crippen LogP contribution in [0.4, 0.5) is 10.2 Å². The molecule has 3 rings (SSSR count). The number of hydrogen-bond donors (Lipinski definition) is 2. The zero-order valence-electron chi connectivity index (χ0n) is 13.0. The van der Waals surface area contributed by atoms with Gasteiger partial charge in [0.2, 0.25) is 0 Å². The third-order valence-electron chi connectivity index (χ3n) is 4.17. The van der Waals surface area contributed by atoms with Gasteiger partial charge in [-0.3, -0.25) is 9.69 Å². The van der Waals surface area contributed by atoms with Gasteiger partial charge in [0.05, 0.1) is 23.5 Å². The van der Waals surface area contributed by atoms with Crippen molar-refractivity contribution in [3.05, 3.63) is 52.7 Å². The predicted octanol–water partition coefficient (Wildman–Crippen LogP) is 2.23. The highest BCUT2D eigenvalue weighted by molar-refractivity contribution is 6.30. The van der Waals surface area contributed by atoms with Gasteiger partial charge in [0.25, 0.3) is 5.91 Å². The Bertz CT molecular complexity index is 755. The number of hydrogen-bond acceptors (Lipinski definition) is 5. The molecule has 0 unspecified atom stereocenters. The van der Waals surface area contributed by atoms with Crippen LogP contribution in [0.15, 0.2) is 30.6 Å². The number of aromatic nitrogens is 2. The fourth-order valence-corrected chi connectivity index (χ4v) is 3.12. The number of likely N-dealkylation sites (tertiary alicyclic amines) is 1. The Morgan fingerprint density at radius 1 is 1.42 bits per heavy atom. The van der Waals surface area contributed by atoms with Crippen LogP contribution in [0, 0.1) is 5.82 Å². The molecule has 2 atom stereocenters. The molecule has 24 heavy (non-hydrogen) atoms. The molecule has 1 aliphatic rings. The minimum absolute atomic E-state index is 0.0191. The Hall–Kier alpha value is -2.25. The summed E-state index contributed by atoms with van der Waals surface area (Å²) in [5.74, 6) is -0.511. The molecule has 1 fully saturated rings. The second-order valence-corrected chi connectivity index (χ2v) is 6.20. The highest BCUT2D eigenvalue weighted by Gasteiger charge is 2.33. The average Bonchev–Trinajstić information content (AvgIpc) is 2.91. The van der Waals surface area contributed by atoms with Crippen molar-refractivity contribution in [2.24, 2.45) is 5.73 Å². The van der Waals surface area contributed by atoms with E-state index in [0.29, 0.717) is 5.82 Å². The van der Waals surface area contributed by atoms with Crippen LogP contribution in [0.5, 0.6) is 0 Å². The number of nitrogens with two attached hydrogens (primary N) is 1. The standard InChI is InChI=1S/C16H17ClFN5O/c1-23-5-4-12(15(23)9-2-3-10(17)11(18)6-9)22-14-8-20-13(7-21-14)16(19)24/h2-3,6-8,12,15H,4-5H2,1H3,(H2,19,24)(H,21,22)/t12-,15-/m0/s1. The van der Waals surface area contributed by atoms with Crippen molar-refractivity contribution >= 4 is 23.3 Å². The van der Waals surface area contributed by atoms with Crippen LogP contribution >= 0.6 is 11.6 Å². The van der Waals surface area contributed by atoms with Crippen molar-refractivity contribution in [2.75, 3.05) is 18.9 Å². The number of primary amides is 1. The number of nitrogens with zero attached hydrogens (tertiary/aromatic N) is 3. The van der Waals surface area contributed by atoms with E-state index >= 15 is 0 Å². The molecule has 6 nitrogen and oxygen atoms in total. The third-order valence-corrected chi connectivity index (χ3v) is 4.48. The molecule has 1 aromatic carbocycles. The minimum Gasteiger partial charge on any atom is -0.364 e. The van der Waals surface area contributed by atoms with Gasteiger partial charge in [-0.15, -0.1) is 0 Å². The fourth-order valence-electron chi connectivity index (χ4n) is 3.00. The molecule has 0 saturated carbocycles. The number of carbonyl (C=O) groups excluding carboxylic acids is 1.